The van der Waals surface area contributed by atoms with Crippen molar-refractivity contribution in [2.75, 3.05) is 13.2 Å². The molecule has 1 aliphatic heterocycles. The van der Waals surface area contributed by atoms with E-state index in [1.165, 1.54) is 0 Å². The number of nitrogens with zero attached hydrogens (tertiary/aromatic N) is 2. The molecule has 2 N–H and O–H groups in total. The standard InChI is InChI=1S/C13H19N3O2.ClH/c14-10-7-11(8-10)18-13-12(15-3-4-16-13)9-1-5-17-6-2-9;/h3-4,9-11H,1-2,5-8,14H2;1H. The number of nitrogens with two attached hydrogens (primary N) is 1. The topological polar surface area (TPSA) is 70.3 Å². The van der Waals surface area contributed by atoms with E-state index in [4.69, 9.17) is 15.2 Å². The Morgan fingerprint density at radius 3 is 2.53 bits per heavy atom. The molecule has 19 heavy (non-hydrogen) atoms. The van der Waals surface area contributed by atoms with Crippen LogP contribution in [-0.2, 0) is 4.74 Å². The van der Waals surface area contributed by atoms with E-state index in [9.17, 15) is 0 Å². The second kappa shape index (κ2) is 6.50. The first kappa shape index (κ1) is 14.5. The molecule has 1 aliphatic carbocycles. The molecule has 106 valence electrons. The van der Waals surface area contributed by atoms with E-state index < -0.39 is 0 Å². The van der Waals surface area contributed by atoms with Crippen LogP contribution in [-0.4, -0.2) is 35.3 Å². The van der Waals surface area contributed by atoms with Crippen molar-refractivity contribution in [2.45, 2.75) is 43.7 Å². The summed E-state index contributed by atoms with van der Waals surface area (Å²) >= 11 is 0. The molecule has 5 nitrogen and oxygen atoms in total. The lowest BCUT2D eigenvalue weighted by Crippen LogP contribution is -2.43. The lowest BCUT2D eigenvalue weighted by atomic mass is 9.90. The molecule has 2 fully saturated rings. The molecule has 0 radical (unpaired) electrons. The highest BCUT2D eigenvalue weighted by atomic mass is 35.5. The molecule has 2 aliphatic rings. The van der Waals surface area contributed by atoms with Gasteiger partial charge >= 0.3 is 0 Å². The van der Waals surface area contributed by atoms with Gasteiger partial charge in [0.05, 0.1) is 0 Å². The molecular formula is C13H20ClN3O2. The number of ether oxygens (including phenoxy) is 2. The van der Waals surface area contributed by atoms with Gasteiger partial charge < -0.3 is 15.2 Å². The highest BCUT2D eigenvalue weighted by Gasteiger charge is 2.30. The average molecular weight is 286 g/mol. The number of aromatic nitrogens is 2. The first-order valence-electron chi connectivity index (χ1n) is 6.64. The van der Waals surface area contributed by atoms with Gasteiger partial charge in [-0.05, 0) is 25.7 Å². The van der Waals surface area contributed by atoms with Crippen LogP contribution in [0, 0.1) is 0 Å². The molecule has 0 amide bonds. The average Bonchev–Trinajstić information content (AvgIpc) is 2.39. The van der Waals surface area contributed by atoms with Gasteiger partial charge in [0.1, 0.15) is 11.8 Å². The first-order chi connectivity index (χ1) is 8.83. The van der Waals surface area contributed by atoms with Gasteiger partial charge in [0.2, 0.25) is 5.88 Å². The molecule has 6 heteroatoms. The van der Waals surface area contributed by atoms with Crippen LogP contribution in [0.15, 0.2) is 12.4 Å². The Kier molecular flexibility index (Phi) is 4.96. The summed E-state index contributed by atoms with van der Waals surface area (Å²) in [6.07, 6.45) is 7.49. The number of hydrogen-bond acceptors (Lipinski definition) is 5. The van der Waals surface area contributed by atoms with E-state index in [-0.39, 0.29) is 18.5 Å². The number of halogens is 1. The summed E-state index contributed by atoms with van der Waals surface area (Å²) in [7, 11) is 0. The molecule has 0 atom stereocenters. The molecule has 0 bridgehead atoms. The summed E-state index contributed by atoms with van der Waals surface area (Å²) in [5.74, 6) is 1.11. The first-order valence-corrected chi connectivity index (χ1v) is 6.64. The highest BCUT2D eigenvalue weighted by molar-refractivity contribution is 5.85. The molecule has 1 aromatic rings. The van der Waals surface area contributed by atoms with Gasteiger partial charge in [-0.25, -0.2) is 4.98 Å². The smallest absolute Gasteiger partial charge is 0.236 e. The number of hydrogen-bond donors (Lipinski definition) is 1. The Balaban J connectivity index is 0.00000133. The summed E-state index contributed by atoms with van der Waals surface area (Å²) in [6, 6.07) is 0.290. The second-order valence-electron chi connectivity index (χ2n) is 5.10. The Bertz CT molecular complexity index is 407. The number of rotatable bonds is 3. The summed E-state index contributed by atoms with van der Waals surface area (Å²) in [5, 5.41) is 0. The molecule has 0 unspecified atom stereocenters. The second-order valence-corrected chi connectivity index (χ2v) is 5.10. The van der Waals surface area contributed by atoms with E-state index in [1.807, 2.05) is 0 Å². The van der Waals surface area contributed by atoms with Crippen molar-refractivity contribution in [3.05, 3.63) is 18.1 Å². The van der Waals surface area contributed by atoms with Gasteiger partial charge in [0, 0.05) is 37.6 Å². The fourth-order valence-corrected chi connectivity index (χ4v) is 2.54. The maximum atomic E-state index is 5.91. The third-order valence-electron chi connectivity index (χ3n) is 3.71. The Hall–Kier alpha value is -0.910. The zero-order valence-electron chi connectivity index (χ0n) is 10.8. The third kappa shape index (κ3) is 3.35. The maximum Gasteiger partial charge on any atom is 0.236 e. The van der Waals surface area contributed by atoms with Crippen LogP contribution < -0.4 is 10.5 Å². The minimum Gasteiger partial charge on any atom is -0.473 e. The van der Waals surface area contributed by atoms with Crippen molar-refractivity contribution in [2.24, 2.45) is 5.73 Å². The highest BCUT2D eigenvalue weighted by Crippen LogP contribution is 2.32. The van der Waals surface area contributed by atoms with Crippen LogP contribution in [0.1, 0.15) is 37.3 Å². The minimum absolute atomic E-state index is 0. The largest absolute Gasteiger partial charge is 0.473 e. The molecule has 1 saturated heterocycles. The predicted octanol–water partition coefficient (Wildman–Crippen LogP) is 1.66. The lowest BCUT2D eigenvalue weighted by molar-refractivity contribution is 0.0764. The van der Waals surface area contributed by atoms with Gasteiger partial charge in [-0.15, -0.1) is 12.4 Å². The van der Waals surface area contributed by atoms with Crippen LogP contribution in [0.5, 0.6) is 5.88 Å². The zero-order valence-corrected chi connectivity index (χ0v) is 11.6. The van der Waals surface area contributed by atoms with Crippen molar-refractivity contribution in [1.82, 2.24) is 9.97 Å². The normalized spacial score (nSPS) is 27.2. The van der Waals surface area contributed by atoms with Gasteiger partial charge in [-0.1, -0.05) is 0 Å². The summed E-state index contributed by atoms with van der Waals surface area (Å²) in [4.78, 5) is 8.79. The molecule has 0 spiro atoms. The Morgan fingerprint density at radius 1 is 1.16 bits per heavy atom. The van der Waals surface area contributed by atoms with Gasteiger partial charge in [0.25, 0.3) is 0 Å². The SMILES string of the molecule is Cl.NC1CC(Oc2nccnc2C2CCOCC2)C1. The van der Waals surface area contributed by atoms with Crippen molar-refractivity contribution < 1.29 is 9.47 Å². The van der Waals surface area contributed by atoms with Crippen molar-refractivity contribution >= 4 is 12.4 Å². The van der Waals surface area contributed by atoms with E-state index in [0.29, 0.717) is 17.8 Å². The fourth-order valence-electron chi connectivity index (χ4n) is 2.54. The summed E-state index contributed by atoms with van der Waals surface area (Å²) in [5.41, 5.74) is 6.76. The van der Waals surface area contributed by atoms with Crippen LogP contribution >= 0.6 is 12.4 Å². The van der Waals surface area contributed by atoms with Crippen molar-refractivity contribution in [3.8, 4) is 5.88 Å². The van der Waals surface area contributed by atoms with E-state index in [1.54, 1.807) is 12.4 Å². The van der Waals surface area contributed by atoms with Gasteiger partial charge in [-0.3, -0.25) is 4.98 Å². The quantitative estimate of drug-likeness (QED) is 0.915. The Labute approximate surface area is 119 Å². The van der Waals surface area contributed by atoms with Gasteiger partial charge in [0.15, 0.2) is 0 Å². The molecule has 3 rings (SSSR count). The van der Waals surface area contributed by atoms with Crippen LogP contribution in [0.4, 0.5) is 0 Å². The molecular weight excluding hydrogens is 266 g/mol. The van der Waals surface area contributed by atoms with Crippen LogP contribution in [0.3, 0.4) is 0 Å². The van der Waals surface area contributed by atoms with E-state index in [2.05, 4.69) is 9.97 Å². The molecule has 1 saturated carbocycles. The fraction of sp³-hybridized carbons (Fsp3) is 0.692. The molecule has 0 aromatic carbocycles. The monoisotopic (exact) mass is 285 g/mol. The summed E-state index contributed by atoms with van der Waals surface area (Å²) in [6.45, 7) is 1.60. The third-order valence-corrected chi connectivity index (χ3v) is 3.71. The lowest BCUT2D eigenvalue weighted by Gasteiger charge is -2.33. The minimum atomic E-state index is 0. The zero-order chi connectivity index (χ0) is 12.4. The van der Waals surface area contributed by atoms with E-state index >= 15 is 0 Å². The van der Waals surface area contributed by atoms with Crippen LogP contribution in [0.2, 0.25) is 0 Å². The maximum absolute atomic E-state index is 5.91. The van der Waals surface area contributed by atoms with E-state index in [0.717, 1.165) is 44.6 Å². The molecule has 2 heterocycles. The summed E-state index contributed by atoms with van der Waals surface area (Å²) < 4.78 is 11.3. The van der Waals surface area contributed by atoms with Crippen molar-refractivity contribution in [1.29, 1.82) is 0 Å². The van der Waals surface area contributed by atoms with Crippen molar-refractivity contribution in [3.63, 3.8) is 0 Å². The molecule has 1 aromatic heterocycles. The van der Waals surface area contributed by atoms with Gasteiger partial charge in [-0.2, -0.15) is 0 Å². The Morgan fingerprint density at radius 2 is 1.84 bits per heavy atom. The van der Waals surface area contributed by atoms with Crippen LogP contribution in [0.25, 0.3) is 0 Å². The predicted molar refractivity (Wildman–Crippen MR) is 73.7 cm³/mol.